The zero-order valence-corrected chi connectivity index (χ0v) is 13.2. The van der Waals surface area contributed by atoms with Gasteiger partial charge in [-0.15, -0.1) is 16.5 Å². The molecule has 22 heavy (non-hydrogen) atoms. The minimum Gasteiger partial charge on any atom is -0.323 e. The van der Waals surface area contributed by atoms with Gasteiger partial charge in [0.15, 0.2) is 6.17 Å². The summed E-state index contributed by atoms with van der Waals surface area (Å²) in [7, 11) is 0. The molecule has 4 nitrogen and oxygen atoms in total. The molecule has 4 rings (SSSR count). The van der Waals surface area contributed by atoms with Crippen LogP contribution in [0.25, 0.3) is 5.69 Å². The van der Waals surface area contributed by atoms with E-state index < -0.39 is 0 Å². The van der Waals surface area contributed by atoms with E-state index in [4.69, 9.17) is 12.2 Å². The average Bonchev–Trinajstić information content (AvgIpc) is 3.27. The highest BCUT2D eigenvalue weighted by Gasteiger charge is 2.32. The molecule has 3 aromatic rings. The first kappa shape index (κ1) is 13.4. The zero-order valence-electron chi connectivity index (χ0n) is 11.5. The Balaban J connectivity index is 1.78. The van der Waals surface area contributed by atoms with E-state index in [2.05, 4.69) is 26.2 Å². The molecule has 0 N–H and O–H groups in total. The smallest absolute Gasteiger partial charge is 0.222 e. The van der Waals surface area contributed by atoms with Crippen molar-refractivity contribution >= 4 is 34.4 Å². The molecule has 3 heterocycles. The molecule has 108 valence electrons. The van der Waals surface area contributed by atoms with Gasteiger partial charge in [0.2, 0.25) is 5.11 Å². The van der Waals surface area contributed by atoms with Gasteiger partial charge in [0.05, 0.1) is 10.6 Å². The molecule has 0 aliphatic carbocycles. The van der Waals surface area contributed by atoms with Gasteiger partial charge in [-0.2, -0.15) is 5.11 Å². The van der Waals surface area contributed by atoms with Gasteiger partial charge in [0, 0.05) is 18.1 Å². The summed E-state index contributed by atoms with van der Waals surface area (Å²) in [5, 5.41) is 11.1. The standard InChI is InChI=1S/C16H12N4S2/c21-16-18-17-15(20(16)12-6-2-1-3-7-12)14-13(8-11-22-14)19-9-4-5-10-19/h1-11,15H. The van der Waals surface area contributed by atoms with Gasteiger partial charge in [0.25, 0.3) is 0 Å². The molecule has 1 aliphatic heterocycles. The summed E-state index contributed by atoms with van der Waals surface area (Å²) in [5.41, 5.74) is 2.12. The van der Waals surface area contributed by atoms with E-state index in [0.29, 0.717) is 5.11 Å². The van der Waals surface area contributed by atoms with Gasteiger partial charge < -0.3 is 4.57 Å². The number of rotatable bonds is 3. The van der Waals surface area contributed by atoms with Gasteiger partial charge in [-0.1, -0.05) is 18.2 Å². The topological polar surface area (TPSA) is 32.9 Å². The fourth-order valence-electron chi connectivity index (χ4n) is 2.53. The molecule has 0 radical (unpaired) electrons. The van der Waals surface area contributed by atoms with Crippen molar-refractivity contribution in [3.05, 3.63) is 71.2 Å². The quantitative estimate of drug-likeness (QED) is 0.649. The minimum absolute atomic E-state index is 0.202. The fourth-order valence-corrected chi connectivity index (χ4v) is 3.70. The van der Waals surface area contributed by atoms with Crippen molar-refractivity contribution < 1.29 is 0 Å². The third kappa shape index (κ3) is 2.17. The highest BCUT2D eigenvalue weighted by atomic mass is 32.1. The third-order valence-corrected chi connectivity index (χ3v) is 4.75. The van der Waals surface area contributed by atoms with Crippen LogP contribution >= 0.6 is 23.6 Å². The molecule has 0 amide bonds. The van der Waals surface area contributed by atoms with Crippen LogP contribution in [-0.4, -0.2) is 9.68 Å². The molecule has 0 saturated carbocycles. The number of para-hydroxylation sites is 1. The molecule has 2 aromatic heterocycles. The number of hydrogen-bond donors (Lipinski definition) is 0. The second-order valence-corrected chi connectivity index (χ2v) is 6.15. The predicted molar refractivity (Wildman–Crippen MR) is 92.8 cm³/mol. The first-order valence-corrected chi connectivity index (χ1v) is 8.13. The maximum Gasteiger partial charge on any atom is 0.222 e. The largest absolute Gasteiger partial charge is 0.323 e. The van der Waals surface area contributed by atoms with Crippen LogP contribution in [0.5, 0.6) is 0 Å². The van der Waals surface area contributed by atoms with E-state index in [1.54, 1.807) is 11.3 Å². The predicted octanol–water partition coefficient (Wildman–Crippen LogP) is 4.79. The van der Waals surface area contributed by atoms with Crippen LogP contribution in [0.1, 0.15) is 11.0 Å². The van der Waals surface area contributed by atoms with Gasteiger partial charge in [0.1, 0.15) is 0 Å². The Hall–Kier alpha value is -2.31. The van der Waals surface area contributed by atoms with Crippen LogP contribution in [0, 0.1) is 0 Å². The zero-order chi connectivity index (χ0) is 14.9. The lowest BCUT2D eigenvalue weighted by molar-refractivity contribution is 0.773. The molecule has 1 atom stereocenters. The van der Waals surface area contributed by atoms with Crippen molar-refractivity contribution in [2.24, 2.45) is 10.2 Å². The number of thiocarbonyl (C=S) groups is 1. The number of aromatic nitrogens is 1. The van der Waals surface area contributed by atoms with E-state index in [1.165, 1.54) is 0 Å². The number of anilines is 1. The first-order chi connectivity index (χ1) is 10.8. The highest BCUT2D eigenvalue weighted by Crippen LogP contribution is 2.39. The molecule has 0 bridgehead atoms. The van der Waals surface area contributed by atoms with Gasteiger partial charge in [-0.05, 0) is 47.9 Å². The first-order valence-electron chi connectivity index (χ1n) is 6.84. The number of nitrogens with zero attached hydrogens (tertiary/aromatic N) is 4. The van der Waals surface area contributed by atoms with Gasteiger partial charge in [-0.3, -0.25) is 4.90 Å². The van der Waals surface area contributed by atoms with Gasteiger partial charge in [-0.25, -0.2) is 0 Å². The summed E-state index contributed by atoms with van der Waals surface area (Å²) in [6.45, 7) is 0. The molecule has 6 heteroatoms. The lowest BCUT2D eigenvalue weighted by Gasteiger charge is -2.23. The van der Waals surface area contributed by atoms with E-state index in [-0.39, 0.29) is 6.17 Å². The van der Waals surface area contributed by atoms with Crippen molar-refractivity contribution in [1.82, 2.24) is 4.57 Å². The van der Waals surface area contributed by atoms with E-state index in [1.807, 2.05) is 59.8 Å². The Morgan fingerprint density at radius 2 is 1.77 bits per heavy atom. The number of benzene rings is 1. The Kier molecular flexibility index (Phi) is 3.32. The minimum atomic E-state index is -0.202. The molecule has 1 aliphatic rings. The summed E-state index contributed by atoms with van der Waals surface area (Å²) in [5.74, 6) is 0. The van der Waals surface area contributed by atoms with Crippen LogP contribution in [0.4, 0.5) is 5.69 Å². The number of thiophene rings is 1. The lowest BCUT2D eigenvalue weighted by Crippen LogP contribution is -2.26. The van der Waals surface area contributed by atoms with Crippen LogP contribution < -0.4 is 4.90 Å². The van der Waals surface area contributed by atoms with Crippen molar-refractivity contribution in [1.29, 1.82) is 0 Å². The van der Waals surface area contributed by atoms with Crippen molar-refractivity contribution in [2.45, 2.75) is 6.17 Å². The lowest BCUT2D eigenvalue weighted by atomic mass is 10.2. The fraction of sp³-hybridized carbons (Fsp3) is 0.0625. The Morgan fingerprint density at radius 1 is 1.00 bits per heavy atom. The highest BCUT2D eigenvalue weighted by molar-refractivity contribution is 7.80. The van der Waals surface area contributed by atoms with Crippen molar-refractivity contribution in [2.75, 3.05) is 4.90 Å². The molecule has 0 saturated heterocycles. The summed E-state index contributed by atoms with van der Waals surface area (Å²) < 4.78 is 2.09. The molecule has 0 spiro atoms. The van der Waals surface area contributed by atoms with E-state index in [0.717, 1.165) is 16.3 Å². The summed E-state index contributed by atoms with van der Waals surface area (Å²) in [6.07, 6.45) is 3.86. The maximum atomic E-state index is 5.38. The van der Waals surface area contributed by atoms with Crippen LogP contribution in [0.2, 0.25) is 0 Å². The van der Waals surface area contributed by atoms with Gasteiger partial charge >= 0.3 is 0 Å². The Bertz CT molecular complexity index is 821. The maximum absolute atomic E-state index is 5.38. The molecule has 1 aromatic carbocycles. The van der Waals surface area contributed by atoms with Crippen molar-refractivity contribution in [3.63, 3.8) is 0 Å². The van der Waals surface area contributed by atoms with Crippen LogP contribution in [0.15, 0.2) is 76.5 Å². The number of azo groups is 1. The molecule has 0 fully saturated rings. The van der Waals surface area contributed by atoms with Crippen LogP contribution in [-0.2, 0) is 0 Å². The van der Waals surface area contributed by atoms with Crippen LogP contribution in [0.3, 0.4) is 0 Å². The van der Waals surface area contributed by atoms with E-state index in [9.17, 15) is 0 Å². The molecular formula is C16H12N4S2. The third-order valence-electron chi connectivity index (χ3n) is 3.53. The second kappa shape index (κ2) is 5.47. The Labute approximate surface area is 137 Å². The number of hydrogen-bond acceptors (Lipinski definition) is 3. The van der Waals surface area contributed by atoms with E-state index >= 15 is 0 Å². The SMILES string of the molecule is S=C1N=NC(c2sccc2-n2cccc2)N1c1ccccc1. The Morgan fingerprint density at radius 3 is 2.55 bits per heavy atom. The van der Waals surface area contributed by atoms with Crippen molar-refractivity contribution in [3.8, 4) is 5.69 Å². The normalized spacial score (nSPS) is 17.4. The summed E-state index contributed by atoms with van der Waals surface area (Å²) in [4.78, 5) is 3.12. The summed E-state index contributed by atoms with van der Waals surface area (Å²) in [6, 6.07) is 16.1. The monoisotopic (exact) mass is 324 g/mol. The second-order valence-electron chi connectivity index (χ2n) is 4.84. The molecule has 1 unspecified atom stereocenters. The molecular weight excluding hydrogens is 312 g/mol. The average molecular weight is 324 g/mol. The summed E-state index contributed by atoms with van der Waals surface area (Å²) >= 11 is 7.05.